The van der Waals surface area contributed by atoms with Gasteiger partial charge in [0.05, 0.1) is 25.3 Å². The number of carbonyl (C=O) groups is 16. The fourth-order valence-electron chi connectivity index (χ4n) is 12.7. The van der Waals surface area contributed by atoms with E-state index in [1.807, 2.05) is 6.92 Å². The van der Waals surface area contributed by atoms with Crippen molar-refractivity contribution in [2.24, 2.45) is 23.7 Å². The molecule has 15 N–H and O–H groups in total. The summed E-state index contributed by atoms with van der Waals surface area (Å²) in [5.41, 5.74) is 0.319. The second-order valence-electron chi connectivity index (χ2n) is 29.5. The van der Waals surface area contributed by atoms with Crippen LogP contribution >= 0.6 is 11.8 Å². The zero-order valence-corrected chi connectivity index (χ0v) is 67.1. The quantitative estimate of drug-likeness (QED) is 0.0494. The third kappa shape index (κ3) is 28.2. The third-order valence-corrected chi connectivity index (χ3v) is 21.3. The topological polar surface area (TPSA) is 503 Å². The molecule has 3 fully saturated rings. The van der Waals surface area contributed by atoms with E-state index < -0.39 is 240 Å². The van der Waals surface area contributed by atoms with Crippen molar-refractivity contribution in [3.8, 4) is 0 Å². The van der Waals surface area contributed by atoms with Gasteiger partial charge in [0.15, 0.2) is 6.04 Å². The molecule has 18 atom stereocenters. The Kier molecular flexibility index (Phi) is 37.7. The number of hydrogen-bond donors (Lipinski definition) is 15. The number of amides is 14. The highest BCUT2D eigenvalue weighted by atomic mass is 32.2. The summed E-state index contributed by atoms with van der Waals surface area (Å²) in [7, 11) is 2.28. The number of nitrogens with one attached hydrogen (secondary N) is 12. The van der Waals surface area contributed by atoms with Crippen LogP contribution < -0.4 is 63.8 Å². The van der Waals surface area contributed by atoms with E-state index in [0.717, 1.165) is 35.5 Å². The van der Waals surface area contributed by atoms with Crippen LogP contribution in [0.5, 0.6) is 0 Å². The number of cyclic esters (lactones) is 1. The van der Waals surface area contributed by atoms with Gasteiger partial charge in [0.25, 0.3) is 5.91 Å². The van der Waals surface area contributed by atoms with Crippen LogP contribution in [0.2, 0.25) is 0 Å². The predicted molar refractivity (Wildman–Crippen MR) is 413 cm³/mol. The number of carboxylic acids is 1. The van der Waals surface area contributed by atoms with Gasteiger partial charge in [-0.2, -0.15) is 11.8 Å². The number of esters is 1. The zero-order chi connectivity index (χ0) is 84.1. The number of methoxy groups -OCH3 is 1. The van der Waals surface area contributed by atoms with Crippen LogP contribution in [-0.4, -0.2) is 256 Å². The lowest BCUT2D eigenvalue weighted by Crippen LogP contribution is -2.63. The lowest BCUT2D eigenvalue weighted by molar-refractivity contribution is -0.158. The average Bonchev–Trinajstić information content (AvgIpc) is 1.76. The Bertz CT molecular complexity index is 3690. The monoisotopic (exact) mass is 1600 g/mol. The average molecular weight is 1600 g/mol. The Labute approximate surface area is 662 Å². The van der Waals surface area contributed by atoms with Gasteiger partial charge in [-0.05, 0) is 74.3 Å². The van der Waals surface area contributed by atoms with Crippen LogP contribution in [0, 0.1) is 23.7 Å². The van der Waals surface area contributed by atoms with Crippen molar-refractivity contribution in [2.45, 2.75) is 231 Å². The predicted octanol–water partition coefficient (Wildman–Crippen LogP) is -1.60. The summed E-state index contributed by atoms with van der Waals surface area (Å²) in [5.74, 6) is -20.4. The van der Waals surface area contributed by atoms with Crippen LogP contribution in [0.25, 0.3) is 0 Å². The molecule has 35 nitrogen and oxygen atoms in total. The first kappa shape index (κ1) is 93.5. The van der Waals surface area contributed by atoms with Gasteiger partial charge in [0.1, 0.15) is 84.7 Å². The maximum absolute atomic E-state index is 15.6. The minimum Gasteiger partial charge on any atom is -0.481 e. The highest BCUT2D eigenvalue weighted by Crippen LogP contribution is 2.24. The molecule has 3 saturated heterocycles. The molecule has 2 bridgehead atoms. The van der Waals surface area contributed by atoms with Gasteiger partial charge in [-0.15, -0.1) is 0 Å². The molecule has 3 aliphatic heterocycles. The van der Waals surface area contributed by atoms with Gasteiger partial charge >= 0.3 is 11.9 Å². The number of fused-ring (bicyclic) bond motifs is 6. The Morgan fingerprint density at radius 2 is 1.16 bits per heavy atom. The van der Waals surface area contributed by atoms with Crippen molar-refractivity contribution in [1.29, 1.82) is 0 Å². The van der Waals surface area contributed by atoms with Crippen molar-refractivity contribution >= 4 is 106 Å². The molecule has 0 radical (unpaired) electrons. The van der Waals surface area contributed by atoms with Gasteiger partial charge in [0, 0.05) is 51.5 Å². The van der Waals surface area contributed by atoms with E-state index >= 15 is 24.0 Å². The number of hydrogen-bond acceptors (Lipinski definition) is 21. The molecule has 0 aliphatic carbocycles. The lowest BCUT2D eigenvalue weighted by atomic mass is 9.96. The minimum absolute atomic E-state index is 0.0531. The number of aliphatic hydroxyl groups excluding tert-OH is 2. The van der Waals surface area contributed by atoms with Gasteiger partial charge in [0.2, 0.25) is 76.8 Å². The van der Waals surface area contributed by atoms with Crippen molar-refractivity contribution in [3.63, 3.8) is 0 Å². The Hall–Kier alpha value is -10.1. The van der Waals surface area contributed by atoms with Crippen molar-refractivity contribution in [1.82, 2.24) is 73.6 Å². The molecule has 3 heterocycles. The molecule has 2 aromatic rings. The van der Waals surface area contributed by atoms with Gasteiger partial charge in [-0.3, -0.25) is 71.9 Å². The first-order chi connectivity index (χ1) is 53.5. The van der Waals surface area contributed by atoms with E-state index in [-0.39, 0.29) is 63.3 Å². The molecule has 0 saturated carbocycles. The van der Waals surface area contributed by atoms with E-state index in [4.69, 9.17) is 9.47 Å². The number of nitrogens with zero attached hydrogens (tertiary/aromatic N) is 2. The summed E-state index contributed by atoms with van der Waals surface area (Å²) < 4.78 is 11.1. The van der Waals surface area contributed by atoms with Crippen molar-refractivity contribution in [3.05, 3.63) is 84.1 Å². The molecular formula is C77H114N14O21S. The number of aliphatic carboxylic acids is 1. The Balaban J connectivity index is 1.82. The number of carboxylic acid groups (broad SMARTS) is 1. The van der Waals surface area contributed by atoms with E-state index in [0.29, 0.717) is 24.0 Å². The molecule has 36 heteroatoms. The van der Waals surface area contributed by atoms with Crippen LogP contribution in [0.15, 0.2) is 72.9 Å². The highest BCUT2D eigenvalue weighted by Gasteiger charge is 2.45. The normalized spacial score (nSPS) is 27.3. The second kappa shape index (κ2) is 45.6. The highest BCUT2D eigenvalue weighted by molar-refractivity contribution is 7.99. The van der Waals surface area contributed by atoms with Crippen LogP contribution in [0.1, 0.15) is 138 Å². The van der Waals surface area contributed by atoms with Crippen LogP contribution in [0.3, 0.4) is 0 Å². The number of benzene rings is 2. The van der Waals surface area contributed by atoms with Crippen LogP contribution in [-0.2, 0) is 99.0 Å². The summed E-state index contributed by atoms with van der Waals surface area (Å²) in [4.78, 5) is 236. The molecule has 624 valence electrons. The van der Waals surface area contributed by atoms with E-state index in [1.165, 1.54) is 14.0 Å². The van der Waals surface area contributed by atoms with Gasteiger partial charge in [-0.1, -0.05) is 142 Å². The molecule has 6 unspecified atom stereocenters. The molecule has 14 amide bonds. The first-order valence-electron chi connectivity index (χ1n) is 38.2. The molecular weight excluding hydrogens is 1490 g/mol. The summed E-state index contributed by atoms with van der Waals surface area (Å²) in [6, 6.07) is -5.36. The minimum atomic E-state index is -2.10. The summed E-state index contributed by atoms with van der Waals surface area (Å²) >= 11 is 0.792. The molecule has 3 aliphatic rings. The number of rotatable bonds is 21. The number of likely N-dealkylation sites (N-methyl/N-ethyl adjacent to an activating group) is 1. The molecule has 5 rings (SSSR count). The molecule has 2 aromatic carbocycles. The van der Waals surface area contributed by atoms with Crippen molar-refractivity contribution in [2.75, 3.05) is 45.4 Å². The van der Waals surface area contributed by atoms with Gasteiger partial charge < -0.3 is 98.4 Å². The van der Waals surface area contributed by atoms with Crippen LogP contribution in [0.4, 0.5) is 0 Å². The number of ether oxygens (including phenoxy) is 2. The smallest absolute Gasteiger partial charge is 0.331 e. The molecule has 113 heavy (non-hydrogen) atoms. The SMILES string of the molecule is C=C1NC(=O)[C@H]([C@@H](C)CC)NC(=O)C2CSCC(NC(=O)CCC(=O)O)C(=O)N[C@H](Cc3ccccc3)C(=O)N[C@H](C)C(=O)NC(C[C@@H](C)CC)C(=O)N[C@@H](C(=O)N[C@H](Cc3ccccc3)C(=O)N3CCC[C@H]3C(=O)N2)[C@@H](C)OC(=O)[C@H](CO)NC(=O)C(C(O)COC)N(C)C(=O)[C@@H](C(C)C)NC(=O)C(C[C@H](C)CC)NC1=O. The standard InChI is InChI=1S/C77H114N14O21S/c1-14-41(6)32-49-67(100)87-60(40(4)5)76(109)90(12)63(57(93)37-111-13)74(107)85-53(36-92)77(110)112-46(11)62-73(106)84-52(35-48-26-21-18-22-27-48)75(108)91-31-23-28-56(91)71(104)86-55(70(103)88-61(43(8)16-3)72(105)79-45(10)65(98)81-49)39-113-38-54(80-58(94)29-30-59(95)96)69(102)83-51(34-47-24-19-17-20-25-47)66(99)78-44(9)64(97)82-50(68(101)89-62)33-42(7)15-2/h17-22,24-27,40-44,46,49-57,60-63,92-93H,10,14-16,23,28-39H2,1-9,11-13H3,(H,78,99)(H,79,105)(H,80,94)(H,81,98)(H,82,97)(H,83,102)(H,84,106)(H,85,107)(H,86,104)(H,87,100)(H,88,103)(H,89,101)(H,95,96)/t41-,42+,43+,44-,46-,49?,50?,51-,52-,53+,54?,55?,56+,57?,60-,61+,62-,63?/m1/s1. The Morgan fingerprint density at radius 3 is 1.73 bits per heavy atom. The number of aliphatic hydroxyl groups is 2. The van der Waals surface area contributed by atoms with Crippen molar-refractivity contribution < 1.29 is 102 Å². The van der Waals surface area contributed by atoms with Gasteiger partial charge in [-0.25, -0.2) is 4.79 Å². The Morgan fingerprint density at radius 1 is 0.611 bits per heavy atom. The molecule has 0 spiro atoms. The lowest BCUT2D eigenvalue weighted by Gasteiger charge is -2.35. The summed E-state index contributed by atoms with van der Waals surface area (Å²) in [6.07, 6.45) is -4.63. The fraction of sp³-hybridized carbons (Fsp3) is 0.610. The molecule has 0 aromatic heterocycles. The maximum atomic E-state index is 15.6. The first-order valence-corrected chi connectivity index (χ1v) is 39.4. The number of carbonyl (C=O) groups excluding carboxylic acids is 15. The summed E-state index contributed by atoms with van der Waals surface area (Å²) in [6.45, 7) is 17.7. The third-order valence-electron chi connectivity index (χ3n) is 20.2. The summed E-state index contributed by atoms with van der Waals surface area (Å²) in [5, 5.41) is 63.1. The van der Waals surface area contributed by atoms with E-state index in [9.17, 15) is 68.1 Å². The van der Waals surface area contributed by atoms with E-state index in [2.05, 4.69) is 70.4 Å². The fourth-order valence-corrected chi connectivity index (χ4v) is 13.8. The maximum Gasteiger partial charge on any atom is 0.331 e. The second-order valence-corrected chi connectivity index (χ2v) is 30.6. The number of thioether (sulfide) groups is 1. The zero-order valence-electron chi connectivity index (χ0n) is 66.3. The van der Waals surface area contributed by atoms with E-state index in [1.54, 1.807) is 109 Å². The largest absolute Gasteiger partial charge is 0.481 e.